The molecule has 0 atom stereocenters. The zero-order valence-corrected chi connectivity index (χ0v) is 17.6. The van der Waals surface area contributed by atoms with Crippen molar-refractivity contribution in [1.29, 1.82) is 0 Å². The summed E-state index contributed by atoms with van der Waals surface area (Å²) >= 11 is 0. The molecule has 0 saturated carbocycles. The molecule has 0 aliphatic carbocycles. The highest BCUT2D eigenvalue weighted by Crippen LogP contribution is 2.41. The molecule has 1 heterocycles. The van der Waals surface area contributed by atoms with Crippen LogP contribution in [-0.4, -0.2) is 27.0 Å². The summed E-state index contributed by atoms with van der Waals surface area (Å²) in [5, 5.41) is 9.13. The molecule has 0 aliphatic heterocycles. The van der Waals surface area contributed by atoms with Crippen molar-refractivity contribution >= 4 is 5.78 Å². The Labute approximate surface area is 182 Å². The van der Waals surface area contributed by atoms with Gasteiger partial charge in [0.2, 0.25) is 0 Å². The van der Waals surface area contributed by atoms with Gasteiger partial charge in [-0.3, -0.25) is 4.79 Å². The number of aliphatic hydroxyl groups excluding tert-OH is 1. The molecule has 4 rings (SSSR count). The normalized spacial score (nSPS) is 11.4. The van der Waals surface area contributed by atoms with Crippen molar-refractivity contribution in [3.05, 3.63) is 125 Å². The van der Waals surface area contributed by atoms with Crippen LogP contribution in [0.25, 0.3) is 0 Å². The molecular weight excluding hydrogens is 384 g/mol. The highest BCUT2D eigenvalue weighted by molar-refractivity contribution is 5.95. The minimum Gasteiger partial charge on any atom is -0.396 e. The van der Waals surface area contributed by atoms with E-state index in [4.69, 9.17) is 5.11 Å². The summed E-state index contributed by atoms with van der Waals surface area (Å²) in [6, 6.07) is 31.0. The summed E-state index contributed by atoms with van der Waals surface area (Å²) in [4.78, 5) is 17.3. The van der Waals surface area contributed by atoms with Crippen LogP contribution in [0.15, 0.2) is 97.3 Å². The Balaban J connectivity index is 2.03. The van der Waals surface area contributed by atoms with Crippen LogP contribution in [0.1, 0.15) is 45.7 Å². The van der Waals surface area contributed by atoms with Crippen molar-refractivity contribution in [1.82, 2.24) is 9.55 Å². The third kappa shape index (κ3) is 3.71. The molecule has 0 saturated heterocycles. The molecular formula is C27H26N2O2. The second kappa shape index (κ2) is 9.11. The molecule has 0 fully saturated rings. The molecule has 31 heavy (non-hydrogen) atoms. The van der Waals surface area contributed by atoms with Crippen molar-refractivity contribution in [3.8, 4) is 0 Å². The zero-order chi connectivity index (χ0) is 21.7. The van der Waals surface area contributed by atoms with Crippen LogP contribution >= 0.6 is 0 Å². The van der Waals surface area contributed by atoms with Gasteiger partial charge in [0, 0.05) is 18.7 Å². The Morgan fingerprint density at radius 3 is 1.71 bits per heavy atom. The highest BCUT2D eigenvalue weighted by Gasteiger charge is 2.40. The fraction of sp³-hybridized carbons (Fsp3) is 0.185. The number of rotatable bonds is 8. The van der Waals surface area contributed by atoms with Crippen LogP contribution in [0.4, 0.5) is 0 Å². The number of nitrogens with zero attached hydrogens (tertiary/aromatic N) is 2. The number of aromatic nitrogens is 2. The van der Waals surface area contributed by atoms with Crippen molar-refractivity contribution in [3.63, 3.8) is 0 Å². The van der Waals surface area contributed by atoms with Crippen LogP contribution in [0.2, 0.25) is 0 Å². The predicted octanol–water partition coefficient (Wildman–Crippen LogP) is 4.99. The smallest absolute Gasteiger partial charge is 0.183 e. The molecule has 4 aromatic rings. The van der Waals surface area contributed by atoms with Crippen LogP contribution in [0.3, 0.4) is 0 Å². The maximum Gasteiger partial charge on any atom is 0.183 e. The number of carbonyl (C=O) groups is 1. The second-order valence-corrected chi connectivity index (χ2v) is 7.61. The molecule has 1 aromatic heterocycles. The predicted molar refractivity (Wildman–Crippen MR) is 122 cm³/mol. The van der Waals surface area contributed by atoms with Gasteiger partial charge in [-0.1, -0.05) is 91.0 Å². The van der Waals surface area contributed by atoms with E-state index < -0.39 is 5.54 Å². The van der Waals surface area contributed by atoms with E-state index in [-0.39, 0.29) is 18.8 Å². The minimum atomic E-state index is -0.684. The van der Waals surface area contributed by atoms with Crippen LogP contribution in [0.5, 0.6) is 0 Å². The van der Waals surface area contributed by atoms with Crippen molar-refractivity contribution in [2.24, 2.45) is 0 Å². The topological polar surface area (TPSA) is 55.1 Å². The lowest BCUT2D eigenvalue weighted by Gasteiger charge is -2.38. The standard InChI is InChI=1S/C27H26N2O2/c1-21-26(25(31)18-11-19-30)28-20-29(21)27(22-12-5-2-6-13-22,23-14-7-3-8-15-23)24-16-9-4-10-17-24/h2-10,12-17,20,30H,11,18-19H2,1H3. The van der Waals surface area contributed by atoms with Gasteiger partial charge in [0.05, 0.1) is 6.33 Å². The van der Waals surface area contributed by atoms with Gasteiger partial charge >= 0.3 is 0 Å². The molecule has 3 aromatic carbocycles. The van der Waals surface area contributed by atoms with E-state index in [1.54, 1.807) is 6.33 Å². The van der Waals surface area contributed by atoms with E-state index in [2.05, 4.69) is 45.9 Å². The molecule has 0 spiro atoms. The fourth-order valence-corrected chi connectivity index (χ4v) is 4.33. The largest absolute Gasteiger partial charge is 0.396 e. The number of aliphatic hydroxyl groups is 1. The van der Waals surface area contributed by atoms with Crippen molar-refractivity contribution < 1.29 is 9.90 Å². The summed E-state index contributed by atoms with van der Waals surface area (Å²) in [5.41, 5.74) is 3.84. The summed E-state index contributed by atoms with van der Waals surface area (Å²) < 4.78 is 2.11. The Hall–Kier alpha value is -3.50. The lowest BCUT2D eigenvalue weighted by atomic mass is 9.76. The van der Waals surface area contributed by atoms with E-state index >= 15 is 0 Å². The molecule has 4 nitrogen and oxygen atoms in total. The molecule has 0 aliphatic rings. The molecule has 0 bridgehead atoms. The molecule has 1 N–H and O–H groups in total. The molecule has 0 unspecified atom stereocenters. The first-order chi connectivity index (χ1) is 15.2. The first-order valence-electron chi connectivity index (χ1n) is 10.5. The van der Waals surface area contributed by atoms with E-state index in [9.17, 15) is 4.79 Å². The van der Waals surface area contributed by atoms with E-state index in [0.717, 1.165) is 22.4 Å². The van der Waals surface area contributed by atoms with E-state index in [1.165, 1.54) is 0 Å². The highest BCUT2D eigenvalue weighted by atomic mass is 16.3. The third-order valence-electron chi connectivity index (χ3n) is 5.77. The maximum absolute atomic E-state index is 12.8. The molecule has 0 amide bonds. The zero-order valence-electron chi connectivity index (χ0n) is 17.6. The monoisotopic (exact) mass is 410 g/mol. The average molecular weight is 411 g/mol. The van der Waals surface area contributed by atoms with Gasteiger partial charge < -0.3 is 9.67 Å². The van der Waals surface area contributed by atoms with Crippen molar-refractivity contribution in [2.45, 2.75) is 25.3 Å². The maximum atomic E-state index is 12.8. The molecule has 156 valence electrons. The van der Waals surface area contributed by atoms with Gasteiger partial charge in [-0.15, -0.1) is 0 Å². The first-order valence-corrected chi connectivity index (χ1v) is 10.5. The first kappa shape index (κ1) is 20.8. The lowest BCUT2D eigenvalue weighted by Crippen LogP contribution is -2.38. The van der Waals surface area contributed by atoms with E-state index in [0.29, 0.717) is 12.1 Å². The summed E-state index contributed by atoms with van der Waals surface area (Å²) in [5.74, 6) is -0.0478. The number of hydrogen-bond acceptors (Lipinski definition) is 3. The number of benzene rings is 3. The third-order valence-corrected chi connectivity index (χ3v) is 5.77. The van der Waals surface area contributed by atoms with Gasteiger partial charge in [0.25, 0.3) is 0 Å². The summed E-state index contributed by atoms with van der Waals surface area (Å²) in [6.07, 6.45) is 2.49. The minimum absolute atomic E-state index is 0.00647. The Kier molecular flexibility index (Phi) is 6.10. The number of imidazole rings is 1. The Morgan fingerprint density at radius 2 is 1.29 bits per heavy atom. The van der Waals surface area contributed by atoms with Gasteiger partial charge in [-0.2, -0.15) is 0 Å². The number of Topliss-reactive ketones (excluding diaryl/α,β-unsaturated/α-hetero) is 1. The van der Waals surface area contributed by atoms with Gasteiger partial charge in [-0.25, -0.2) is 4.98 Å². The van der Waals surface area contributed by atoms with Crippen molar-refractivity contribution in [2.75, 3.05) is 6.61 Å². The van der Waals surface area contributed by atoms with Crippen LogP contribution < -0.4 is 0 Å². The Morgan fingerprint density at radius 1 is 0.839 bits per heavy atom. The van der Waals surface area contributed by atoms with E-state index in [1.807, 2.05) is 61.5 Å². The van der Waals surface area contributed by atoms with Crippen LogP contribution in [-0.2, 0) is 5.54 Å². The Bertz CT molecular complexity index is 1040. The quantitative estimate of drug-likeness (QED) is 0.329. The molecule has 4 heteroatoms. The summed E-state index contributed by atoms with van der Waals surface area (Å²) in [7, 11) is 0. The van der Waals surface area contributed by atoms with Crippen LogP contribution in [0, 0.1) is 6.92 Å². The lowest BCUT2D eigenvalue weighted by molar-refractivity contribution is 0.0966. The number of ketones is 1. The second-order valence-electron chi connectivity index (χ2n) is 7.61. The van der Waals surface area contributed by atoms with Gasteiger partial charge in [0.15, 0.2) is 5.78 Å². The van der Waals surface area contributed by atoms with Gasteiger partial charge in [0.1, 0.15) is 11.2 Å². The number of hydrogen-bond donors (Lipinski definition) is 1. The fourth-order valence-electron chi connectivity index (χ4n) is 4.33. The SMILES string of the molecule is Cc1c(C(=O)CCCO)ncn1C(c1ccccc1)(c1ccccc1)c1ccccc1. The molecule has 0 radical (unpaired) electrons. The summed E-state index contributed by atoms with van der Waals surface area (Å²) in [6.45, 7) is 1.94. The number of carbonyl (C=O) groups excluding carboxylic acids is 1. The average Bonchev–Trinajstić information content (AvgIpc) is 3.22. The van der Waals surface area contributed by atoms with Gasteiger partial charge in [-0.05, 0) is 30.0 Å².